The number of hydrogen-bond donors (Lipinski definition) is 0. The molecule has 182 valence electrons. The maximum absolute atomic E-state index is 13.0. The van der Waals surface area contributed by atoms with Gasteiger partial charge in [0, 0.05) is 38.6 Å². The molecule has 0 unspecified atom stereocenters. The smallest absolute Gasteiger partial charge is 0.223 e. The topological polar surface area (TPSA) is 51.2 Å². The van der Waals surface area contributed by atoms with Crippen LogP contribution in [-0.4, -0.2) is 62.7 Å². The third kappa shape index (κ3) is 5.39. The lowest BCUT2D eigenvalue weighted by atomic mass is 9.83. The largest absolute Gasteiger partial charge is 0.493 e. The zero-order chi connectivity index (χ0) is 24.1. The molecule has 2 aliphatic heterocycles. The average molecular weight is 465 g/mol. The summed E-state index contributed by atoms with van der Waals surface area (Å²) in [6.07, 6.45) is 4.85. The van der Waals surface area contributed by atoms with E-state index in [-0.39, 0.29) is 11.9 Å². The summed E-state index contributed by atoms with van der Waals surface area (Å²) in [5.74, 6) is 2.55. The second-order valence-corrected chi connectivity index (χ2v) is 9.35. The fourth-order valence-electron chi connectivity index (χ4n) is 5.43. The van der Waals surface area contributed by atoms with Gasteiger partial charge in [-0.25, -0.2) is 0 Å². The van der Waals surface area contributed by atoms with Crippen LogP contribution in [0.25, 0.3) is 6.08 Å². The second kappa shape index (κ2) is 11.0. The summed E-state index contributed by atoms with van der Waals surface area (Å²) in [6, 6.07) is 14.7. The number of piperidine rings is 2. The van der Waals surface area contributed by atoms with Crippen LogP contribution in [0.2, 0.25) is 0 Å². The molecule has 6 nitrogen and oxygen atoms in total. The van der Waals surface area contributed by atoms with E-state index >= 15 is 0 Å². The van der Waals surface area contributed by atoms with Crippen LogP contribution in [0.4, 0.5) is 0 Å². The van der Waals surface area contributed by atoms with Crippen LogP contribution >= 0.6 is 0 Å². The third-order valence-electron chi connectivity index (χ3n) is 6.99. The summed E-state index contributed by atoms with van der Waals surface area (Å²) in [7, 11) is 4.84. The molecule has 2 saturated heterocycles. The van der Waals surface area contributed by atoms with Crippen molar-refractivity contribution in [1.82, 2.24) is 9.80 Å². The first-order valence-electron chi connectivity index (χ1n) is 12.0. The Labute approximate surface area is 203 Å². The summed E-state index contributed by atoms with van der Waals surface area (Å²) >= 11 is 0. The lowest BCUT2D eigenvalue weighted by Crippen LogP contribution is -2.55. The molecule has 2 atom stereocenters. The number of carbonyl (C=O) groups excluding carboxylic acids is 1. The fraction of sp³-hybridized carbons (Fsp3) is 0.464. The Balaban J connectivity index is 1.45. The molecule has 0 radical (unpaired) electrons. The Morgan fingerprint density at radius 1 is 1.03 bits per heavy atom. The molecule has 2 aromatic carbocycles. The van der Waals surface area contributed by atoms with Crippen LogP contribution in [-0.2, 0) is 11.3 Å². The van der Waals surface area contributed by atoms with Crippen LogP contribution in [0.5, 0.6) is 17.2 Å². The minimum Gasteiger partial charge on any atom is -0.493 e. The summed E-state index contributed by atoms with van der Waals surface area (Å²) in [5.41, 5.74) is 3.60. The maximum Gasteiger partial charge on any atom is 0.223 e. The molecule has 0 aromatic heterocycles. The fourth-order valence-corrected chi connectivity index (χ4v) is 5.43. The van der Waals surface area contributed by atoms with E-state index in [1.165, 1.54) is 11.1 Å². The summed E-state index contributed by atoms with van der Waals surface area (Å²) in [5, 5.41) is 0. The van der Waals surface area contributed by atoms with Gasteiger partial charge in [-0.05, 0) is 48.9 Å². The van der Waals surface area contributed by atoms with Gasteiger partial charge in [0.25, 0.3) is 0 Å². The van der Waals surface area contributed by atoms with Gasteiger partial charge in [-0.1, -0.05) is 42.0 Å². The van der Waals surface area contributed by atoms with Crippen molar-refractivity contribution in [2.45, 2.75) is 38.8 Å². The summed E-state index contributed by atoms with van der Waals surface area (Å²) in [6.45, 7) is 5.77. The Bertz CT molecular complexity index is 995. The van der Waals surface area contributed by atoms with Crippen molar-refractivity contribution in [1.29, 1.82) is 0 Å². The SMILES string of the molecule is COc1cc(CN2C(=O)CC[C@@H]3CN(CC(C)=Cc4ccccc4)CC[C@@H]32)cc(OC)c1OC. The highest BCUT2D eigenvalue weighted by atomic mass is 16.5. The predicted octanol–water partition coefficient (Wildman–Crippen LogP) is 4.63. The molecule has 2 aliphatic rings. The summed E-state index contributed by atoms with van der Waals surface area (Å²) in [4.78, 5) is 17.6. The van der Waals surface area contributed by atoms with Gasteiger partial charge in [-0.2, -0.15) is 0 Å². The van der Waals surface area contributed by atoms with Crippen molar-refractivity contribution in [2.24, 2.45) is 5.92 Å². The van der Waals surface area contributed by atoms with Gasteiger partial charge in [0.2, 0.25) is 11.7 Å². The van der Waals surface area contributed by atoms with Crippen molar-refractivity contribution in [3.8, 4) is 17.2 Å². The lowest BCUT2D eigenvalue weighted by Gasteiger charge is -2.47. The average Bonchev–Trinajstić information content (AvgIpc) is 2.85. The zero-order valence-corrected chi connectivity index (χ0v) is 20.8. The van der Waals surface area contributed by atoms with Gasteiger partial charge in [-0.3, -0.25) is 9.69 Å². The molecule has 34 heavy (non-hydrogen) atoms. The third-order valence-corrected chi connectivity index (χ3v) is 6.99. The van der Waals surface area contributed by atoms with E-state index in [1.807, 2.05) is 18.2 Å². The first-order valence-corrected chi connectivity index (χ1v) is 12.0. The standard InChI is InChI=1S/C28H36N2O4/c1-20(14-21-8-6-5-7-9-21)17-29-13-12-24-23(19-29)10-11-27(31)30(24)18-22-15-25(32-2)28(34-4)26(16-22)33-3/h5-9,14-16,23-24H,10-13,17-19H2,1-4H3/t23-,24+/m1/s1. The minimum atomic E-state index is 0.239. The molecular formula is C28H36N2O4. The monoisotopic (exact) mass is 464 g/mol. The van der Waals surface area contributed by atoms with Gasteiger partial charge >= 0.3 is 0 Å². The maximum atomic E-state index is 13.0. The van der Waals surface area contributed by atoms with Gasteiger partial charge in [0.15, 0.2) is 11.5 Å². The number of amides is 1. The Morgan fingerprint density at radius 3 is 2.38 bits per heavy atom. The number of rotatable bonds is 8. The molecule has 0 aliphatic carbocycles. The van der Waals surface area contributed by atoms with Gasteiger partial charge < -0.3 is 19.1 Å². The van der Waals surface area contributed by atoms with E-state index in [1.54, 1.807) is 21.3 Å². The molecule has 0 N–H and O–H groups in total. The van der Waals surface area contributed by atoms with E-state index < -0.39 is 0 Å². The molecular weight excluding hydrogens is 428 g/mol. The highest BCUT2D eigenvalue weighted by Crippen LogP contribution is 2.39. The Hall–Kier alpha value is -2.99. The predicted molar refractivity (Wildman–Crippen MR) is 134 cm³/mol. The number of likely N-dealkylation sites (tertiary alicyclic amines) is 2. The van der Waals surface area contributed by atoms with Crippen LogP contribution in [0.1, 0.15) is 37.3 Å². The van der Waals surface area contributed by atoms with Crippen molar-refractivity contribution < 1.29 is 19.0 Å². The number of ether oxygens (including phenoxy) is 3. The van der Waals surface area contributed by atoms with Gasteiger partial charge in [0.1, 0.15) is 0 Å². The van der Waals surface area contributed by atoms with E-state index in [9.17, 15) is 4.79 Å². The first-order chi connectivity index (χ1) is 16.5. The quantitative estimate of drug-likeness (QED) is 0.570. The molecule has 6 heteroatoms. The normalized spacial score (nSPS) is 21.2. The Kier molecular flexibility index (Phi) is 7.78. The van der Waals surface area contributed by atoms with Crippen molar-refractivity contribution in [3.63, 3.8) is 0 Å². The molecule has 2 aromatic rings. The lowest BCUT2D eigenvalue weighted by molar-refractivity contribution is -0.142. The molecule has 2 heterocycles. The van der Waals surface area contributed by atoms with E-state index in [0.29, 0.717) is 36.1 Å². The number of methoxy groups -OCH3 is 3. The summed E-state index contributed by atoms with van der Waals surface area (Å²) < 4.78 is 16.5. The highest BCUT2D eigenvalue weighted by molar-refractivity contribution is 5.77. The molecule has 0 saturated carbocycles. The van der Waals surface area contributed by atoms with E-state index in [0.717, 1.165) is 38.0 Å². The van der Waals surface area contributed by atoms with Crippen LogP contribution in [0, 0.1) is 5.92 Å². The van der Waals surface area contributed by atoms with E-state index in [4.69, 9.17) is 14.2 Å². The number of fused-ring (bicyclic) bond motifs is 1. The Morgan fingerprint density at radius 2 is 1.74 bits per heavy atom. The molecule has 0 spiro atoms. The number of nitrogens with zero attached hydrogens (tertiary/aromatic N) is 2. The molecule has 0 bridgehead atoms. The number of hydrogen-bond acceptors (Lipinski definition) is 5. The number of benzene rings is 2. The number of carbonyl (C=O) groups is 1. The van der Waals surface area contributed by atoms with E-state index in [2.05, 4.69) is 47.1 Å². The van der Waals surface area contributed by atoms with Crippen molar-refractivity contribution in [2.75, 3.05) is 41.0 Å². The molecule has 4 rings (SSSR count). The molecule has 2 fully saturated rings. The van der Waals surface area contributed by atoms with Crippen LogP contribution < -0.4 is 14.2 Å². The second-order valence-electron chi connectivity index (χ2n) is 9.35. The molecule has 1 amide bonds. The van der Waals surface area contributed by atoms with Gasteiger partial charge in [0.05, 0.1) is 21.3 Å². The highest BCUT2D eigenvalue weighted by Gasteiger charge is 2.39. The van der Waals surface area contributed by atoms with Crippen molar-refractivity contribution in [3.05, 3.63) is 59.2 Å². The minimum absolute atomic E-state index is 0.239. The van der Waals surface area contributed by atoms with Crippen LogP contribution in [0.3, 0.4) is 0 Å². The van der Waals surface area contributed by atoms with Crippen LogP contribution in [0.15, 0.2) is 48.0 Å². The zero-order valence-electron chi connectivity index (χ0n) is 20.8. The first kappa shape index (κ1) is 24.1. The van der Waals surface area contributed by atoms with Gasteiger partial charge in [-0.15, -0.1) is 0 Å². The van der Waals surface area contributed by atoms with Crippen molar-refractivity contribution >= 4 is 12.0 Å².